The van der Waals surface area contributed by atoms with Crippen LogP contribution in [-0.2, 0) is 75.1 Å². The van der Waals surface area contributed by atoms with E-state index in [9.17, 15) is 53.7 Å². The third-order valence-corrected chi connectivity index (χ3v) is 13.2. The first-order chi connectivity index (χ1) is 40.5. The minimum absolute atomic E-state index is 0.0155. The van der Waals surface area contributed by atoms with Gasteiger partial charge in [0, 0.05) is 98.2 Å². The lowest BCUT2D eigenvalue weighted by atomic mass is 9.97. The average molecular weight is 1200 g/mol. The zero-order chi connectivity index (χ0) is 61.6. The van der Waals surface area contributed by atoms with Crippen molar-refractivity contribution in [3.05, 3.63) is 11.9 Å². The van der Waals surface area contributed by atoms with Gasteiger partial charge in [0.2, 0.25) is 47.3 Å². The highest BCUT2D eigenvalue weighted by molar-refractivity contribution is 5.78. The van der Waals surface area contributed by atoms with Crippen molar-refractivity contribution in [3.8, 4) is 0 Å². The molecule has 84 heavy (non-hydrogen) atoms. The number of aliphatic hydroxyl groups excluding tert-OH is 3. The van der Waals surface area contributed by atoms with Gasteiger partial charge in [-0.3, -0.25) is 43.0 Å². The van der Waals surface area contributed by atoms with E-state index in [0.29, 0.717) is 109 Å². The van der Waals surface area contributed by atoms with Crippen LogP contribution in [-0.4, -0.2) is 212 Å². The van der Waals surface area contributed by atoms with Crippen molar-refractivity contribution in [2.75, 3.05) is 98.7 Å². The van der Waals surface area contributed by atoms with Crippen LogP contribution >= 0.6 is 0 Å². The number of unbranched alkanes of at least 4 members (excludes halogenated alkanes) is 8. The van der Waals surface area contributed by atoms with Crippen molar-refractivity contribution in [1.82, 2.24) is 57.5 Å². The first kappa shape index (κ1) is 74.6. The van der Waals surface area contributed by atoms with E-state index < -0.39 is 48.7 Å². The molecule has 1 aliphatic heterocycles. The van der Waals surface area contributed by atoms with Gasteiger partial charge in [0.1, 0.15) is 35.6 Å². The monoisotopic (exact) mass is 1200 g/mol. The number of nitrogens with one attached hydrogen (secondary N) is 8. The van der Waals surface area contributed by atoms with Crippen molar-refractivity contribution in [3.63, 3.8) is 0 Å². The highest BCUT2D eigenvalue weighted by Crippen LogP contribution is 2.23. The molecule has 0 bridgehead atoms. The molecule has 1 saturated heterocycles. The molecule has 15 N–H and O–H groups in total. The number of amides is 8. The third-order valence-electron chi connectivity index (χ3n) is 13.2. The molecule has 2 rings (SSSR count). The van der Waals surface area contributed by atoms with Crippen LogP contribution in [0.1, 0.15) is 148 Å². The molecule has 482 valence electrons. The molecule has 0 saturated carbocycles. The summed E-state index contributed by atoms with van der Waals surface area (Å²) >= 11 is 0. The summed E-state index contributed by atoms with van der Waals surface area (Å²) in [5.41, 5.74) is 10.5. The maximum atomic E-state index is 13.6. The van der Waals surface area contributed by atoms with E-state index in [4.69, 9.17) is 35.2 Å². The van der Waals surface area contributed by atoms with Crippen LogP contribution in [0.15, 0.2) is 6.20 Å². The summed E-state index contributed by atoms with van der Waals surface area (Å²) in [5, 5.41) is 60.6. The van der Waals surface area contributed by atoms with E-state index in [1.54, 1.807) is 10.9 Å². The Morgan fingerprint density at radius 2 is 1.01 bits per heavy atom. The van der Waals surface area contributed by atoms with Crippen LogP contribution in [0.4, 0.5) is 0 Å². The zero-order valence-electron chi connectivity index (χ0n) is 49.8. The number of aromatic nitrogens is 3. The van der Waals surface area contributed by atoms with Crippen LogP contribution < -0.4 is 54.0 Å². The molecule has 1 aromatic rings. The maximum absolute atomic E-state index is 13.6. The number of nitrogens with two attached hydrogens (primary N) is 2. The molecule has 0 radical (unpaired) electrons. The fourth-order valence-corrected chi connectivity index (χ4v) is 8.58. The molecule has 29 heteroatoms. The lowest BCUT2D eigenvalue weighted by molar-refractivity contribution is -0.270. The molecule has 1 aromatic heterocycles. The van der Waals surface area contributed by atoms with Gasteiger partial charge in [-0.25, -0.2) is 0 Å². The first-order valence-corrected chi connectivity index (χ1v) is 29.9. The average Bonchev–Trinajstić information content (AvgIpc) is 3.83. The summed E-state index contributed by atoms with van der Waals surface area (Å²) in [6, 6.07) is -1.06. The van der Waals surface area contributed by atoms with Gasteiger partial charge in [0.15, 0.2) is 6.29 Å². The van der Waals surface area contributed by atoms with E-state index in [-0.39, 0.29) is 126 Å². The molecule has 1 aliphatic rings. The predicted molar refractivity (Wildman–Crippen MR) is 308 cm³/mol. The first-order valence-electron chi connectivity index (χ1n) is 29.9. The minimum Gasteiger partial charge on any atom is -0.394 e. The molecular formula is C55H101N13O16. The summed E-state index contributed by atoms with van der Waals surface area (Å²) in [6.07, 6.45) is 8.07. The van der Waals surface area contributed by atoms with Crippen molar-refractivity contribution in [2.24, 2.45) is 11.5 Å². The molecule has 1 fully saturated rings. The number of rotatable bonds is 51. The number of nitrogens with zero attached hydrogens (tertiary/aromatic N) is 3. The molecule has 3 unspecified atom stereocenters. The molecule has 0 spiro atoms. The zero-order valence-corrected chi connectivity index (χ0v) is 49.8. The van der Waals surface area contributed by atoms with Gasteiger partial charge in [-0.1, -0.05) is 43.7 Å². The minimum atomic E-state index is -1.43. The number of carbonyl (C=O) groups is 8. The van der Waals surface area contributed by atoms with E-state index >= 15 is 0 Å². The quantitative estimate of drug-likeness (QED) is 0.0316. The number of aryl methyl sites for hydroxylation is 1. The summed E-state index contributed by atoms with van der Waals surface area (Å²) in [5.74, 6) is -1.80. The molecular weight excluding hydrogens is 1100 g/mol. The van der Waals surface area contributed by atoms with E-state index in [0.717, 1.165) is 44.9 Å². The molecule has 29 nitrogen and oxygen atoms in total. The van der Waals surface area contributed by atoms with Gasteiger partial charge in [0.05, 0.1) is 59.0 Å². The Labute approximate surface area is 494 Å². The summed E-state index contributed by atoms with van der Waals surface area (Å²) in [4.78, 5) is 98.9. The molecule has 5 atom stereocenters. The predicted octanol–water partition coefficient (Wildman–Crippen LogP) is -1.92. The lowest BCUT2D eigenvalue weighted by Gasteiger charge is -2.42. The Morgan fingerprint density at radius 3 is 1.49 bits per heavy atom. The van der Waals surface area contributed by atoms with Crippen LogP contribution in [0.3, 0.4) is 0 Å². The van der Waals surface area contributed by atoms with E-state index in [2.05, 4.69) is 52.8 Å². The number of aliphatic hydroxyl groups is 3. The van der Waals surface area contributed by atoms with Crippen LogP contribution in [0, 0.1) is 0 Å². The third kappa shape index (κ3) is 36.4. The Hall–Kier alpha value is -5.50. The standard InChI is InChI=1S/C55H101N13O16/c1-41(70)63-35-43-36-68(67-66-43)30-16-29-62-45(72)17-9-7-5-3-4-6-8-10-19-50(77)65-55(38-80-32-20-47(74)58-25-13-23-56,39-81-33-21-48(75)59-26-14-24-57)40-82-34-22-49(76)61-28-15-27-60-46(73)18-11-12-31-83-54-51(64-42(2)71)53(79)52(78)44(37-69)84-54/h36,44,51-54,69,78-79H,3-35,37-40,56-57H2,1-2H3,(H,58,74)(H,59,75)(H,60,73)(H,61,76)(H,62,72)(H,63,70)(H,64,71)(H,65,77)/t44?,51?,52-,53?,54+/m0/s1. The van der Waals surface area contributed by atoms with Gasteiger partial charge < -0.3 is 93.0 Å². The number of hydrogen-bond donors (Lipinski definition) is 13. The number of ether oxygens (including phenoxy) is 5. The summed E-state index contributed by atoms with van der Waals surface area (Å²) in [6.45, 7) is 5.72. The van der Waals surface area contributed by atoms with Crippen molar-refractivity contribution in [1.29, 1.82) is 0 Å². The normalized spacial score (nSPS) is 16.8. The molecule has 0 aliphatic carbocycles. The number of carbonyl (C=O) groups excluding carboxylic acids is 8. The largest absolute Gasteiger partial charge is 0.394 e. The Kier molecular flexibility index (Phi) is 41.5. The van der Waals surface area contributed by atoms with E-state index in [1.807, 2.05) is 0 Å². The van der Waals surface area contributed by atoms with Crippen molar-refractivity contribution in [2.45, 2.75) is 192 Å². The molecule has 2 heterocycles. The smallest absolute Gasteiger partial charge is 0.222 e. The second-order valence-electron chi connectivity index (χ2n) is 20.9. The van der Waals surface area contributed by atoms with Gasteiger partial charge in [-0.15, -0.1) is 5.10 Å². The topological polar surface area (TPSA) is 422 Å². The molecule has 0 aromatic carbocycles. The Balaban J connectivity index is 1.81. The Morgan fingerprint density at radius 1 is 0.560 bits per heavy atom. The van der Waals surface area contributed by atoms with Crippen molar-refractivity contribution < 1.29 is 77.4 Å². The second kappa shape index (κ2) is 46.7. The highest BCUT2D eigenvalue weighted by atomic mass is 16.7. The fourth-order valence-electron chi connectivity index (χ4n) is 8.58. The molecule has 8 amide bonds. The van der Waals surface area contributed by atoms with Gasteiger partial charge >= 0.3 is 0 Å². The van der Waals surface area contributed by atoms with Crippen LogP contribution in [0.25, 0.3) is 0 Å². The number of hydrogen-bond acceptors (Lipinski definition) is 20. The fraction of sp³-hybridized carbons (Fsp3) is 0.818. The van der Waals surface area contributed by atoms with E-state index in [1.165, 1.54) is 13.8 Å². The van der Waals surface area contributed by atoms with Gasteiger partial charge in [-0.2, -0.15) is 0 Å². The maximum Gasteiger partial charge on any atom is 0.222 e. The Bertz CT molecular complexity index is 1990. The highest BCUT2D eigenvalue weighted by Gasteiger charge is 2.45. The second-order valence-corrected chi connectivity index (χ2v) is 20.9. The van der Waals surface area contributed by atoms with Gasteiger partial charge in [-0.05, 0) is 64.5 Å². The van der Waals surface area contributed by atoms with Crippen LogP contribution in [0.2, 0.25) is 0 Å². The summed E-state index contributed by atoms with van der Waals surface area (Å²) in [7, 11) is 0. The lowest BCUT2D eigenvalue weighted by Crippen LogP contribution is -2.64. The van der Waals surface area contributed by atoms with Crippen molar-refractivity contribution >= 4 is 47.3 Å². The SMILES string of the molecule is CC(=O)NCc1cn(CCCNC(=O)CCCCCCCCCCC(=O)NC(COCCC(=O)NCCCN)(COCCC(=O)NCCCN)COCCC(=O)NCCCNC(=O)CCCCO[C@@H]2OC(CO)[C@H](O)C(O)C2NC(C)=O)nn1. The van der Waals surface area contributed by atoms with Crippen LogP contribution in [0.5, 0.6) is 0 Å². The summed E-state index contributed by atoms with van der Waals surface area (Å²) < 4.78 is 31.0. The van der Waals surface area contributed by atoms with Gasteiger partial charge in [0.25, 0.3) is 0 Å².